The van der Waals surface area contributed by atoms with Gasteiger partial charge in [-0.25, -0.2) is 0 Å². The molecule has 0 radical (unpaired) electrons. The summed E-state index contributed by atoms with van der Waals surface area (Å²) in [4.78, 5) is 29.4. The van der Waals surface area contributed by atoms with Crippen LogP contribution in [0, 0.1) is 6.92 Å². The van der Waals surface area contributed by atoms with Crippen LogP contribution in [-0.2, 0) is 29.0 Å². The molecule has 36 heavy (non-hydrogen) atoms. The summed E-state index contributed by atoms with van der Waals surface area (Å²) in [7, 11) is 0. The van der Waals surface area contributed by atoms with E-state index in [1.165, 1.54) is 6.42 Å². The summed E-state index contributed by atoms with van der Waals surface area (Å²) < 4.78 is 0. The first-order valence-corrected chi connectivity index (χ1v) is 13.3. The molecule has 1 saturated carbocycles. The second kappa shape index (κ2) is 12.7. The van der Waals surface area contributed by atoms with Gasteiger partial charge < -0.3 is 10.2 Å². The fourth-order valence-corrected chi connectivity index (χ4v) is 5.24. The molecule has 0 aromatic heterocycles. The van der Waals surface area contributed by atoms with Crippen LogP contribution in [0.3, 0.4) is 0 Å². The minimum Gasteiger partial charge on any atom is -0.352 e. The first-order valence-electron chi connectivity index (χ1n) is 12.9. The first kappa shape index (κ1) is 26.0. The monoisotopic (exact) mass is 502 g/mol. The number of aryl methyl sites for hydroxylation is 1. The average molecular weight is 503 g/mol. The van der Waals surface area contributed by atoms with Crippen molar-refractivity contribution in [2.45, 2.75) is 70.5 Å². The van der Waals surface area contributed by atoms with Gasteiger partial charge in [0.1, 0.15) is 6.04 Å². The molecule has 0 saturated heterocycles. The maximum atomic E-state index is 13.9. The van der Waals surface area contributed by atoms with E-state index in [4.69, 9.17) is 11.6 Å². The van der Waals surface area contributed by atoms with E-state index in [0.29, 0.717) is 18.0 Å². The molecule has 1 fully saturated rings. The molecule has 1 aliphatic carbocycles. The molecule has 4 nitrogen and oxygen atoms in total. The number of hydrogen-bond donors (Lipinski definition) is 1. The van der Waals surface area contributed by atoms with E-state index in [1.807, 2.05) is 85.8 Å². The molecule has 3 aromatic rings. The fourth-order valence-electron chi connectivity index (χ4n) is 5.03. The Morgan fingerprint density at radius 2 is 1.58 bits per heavy atom. The van der Waals surface area contributed by atoms with E-state index in [0.717, 1.165) is 47.9 Å². The van der Waals surface area contributed by atoms with Crippen molar-refractivity contribution in [2.24, 2.45) is 0 Å². The molecule has 0 heterocycles. The molecule has 4 rings (SSSR count). The Morgan fingerprint density at radius 1 is 0.889 bits per heavy atom. The van der Waals surface area contributed by atoms with Crippen LogP contribution in [-0.4, -0.2) is 28.8 Å². The van der Waals surface area contributed by atoms with Crippen LogP contribution in [0.15, 0.2) is 78.9 Å². The van der Waals surface area contributed by atoms with Crippen LogP contribution in [0.4, 0.5) is 0 Å². The lowest BCUT2D eigenvalue weighted by molar-refractivity contribution is -0.141. The SMILES string of the molecule is Cc1cccc(CC(=O)N(Cc2cccc(Cl)c2)[C@H](Cc2ccccc2)C(=O)NC2CCCCC2)c1. The first-order chi connectivity index (χ1) is 17.5. The summed E-state index contributed by atoms with van der Waals surface area (Å²) in [6.07, 6.45) is 6.17. The topological polar surface area (TPSA) is 49.4 Å². The van der Waals surface area contributed by atoms with Crippen molar-refractivity contribution < 1.29 is 9.59 Å². The lowest BCUT2D eigenvalue weighted by atomic mass is 9.94. The Labute approximate surface area is 219 Å². The van der Waals surface area contributed by atoms with Crippen LogP contribution in [0.5, 0.6) is 0 Å². The zero-order chi connectivity index (χ0) is 25.3. The number of halogens is 1. The van der Waals surface area contributed by atoms with Crippen molar-refractivity contribution in [3.63, 3.8) is 0 Å². The number of benzene rings is 3. The molecular formula is C31H35ClN2O2. The molecule has 188 valence electrons. The molecule has 2 amide bonds. The lowest BCUT2D eigenvalue weighted by Gasteiger charge is -2.33. The van der Waals surface area contributed by atoms with Gasteiger partial charge in [-0.1, -0.05) is 103 Å². The predicted molar refractivity (Wildman–Crippen MR) is 146 cm³/mol. The largest absolute Gasteiger partial charge is 0.352 e. The highest BCUT2D eigenvalue weighted by Crippen LogP contribution is 2.21. The molecule has 0 aliphatic heterocycles. The standard InChI is InChI=1S/C31H35ClN2O2/c1-23-10-8-13-25(18-23)21-30(35)34(22-26-14-9-15-27(32)19-26)29(20-24-11-4-2-5-12-24)31(36)33-28-16-6-3-7-17-28/h2,4-5,8-15,18-19,28-29H,3,6-7,16-17,20-22H2,1H3,(H,33,36)/t29-/m1/s1. The molecule has 5 heteroatoms. The van der Waals surface area contributed by atoms with E-state index in [-0.39, 0.29) is 24.3 Å². The summed E-state index contributed by atoms with van der Waals surface area (Å²) in [5, 5.41) is 3.90. The second-order valence-corrected chi connectivity index (χ2v) is 10.3. The normalized spacial score (nSPS) is 14.7. The minimum absolute atomic E-state index is 0.0692. The quantitative estimate of drug-likeness (QED) is 0.374. The van der Waals surface area contributed by atoms with Gasteiger partial charge in [-0.2, -0.15) is 0 Å². The fraction of sp³-hybridized carbons (Fsp3) is 0.355. The molecule has 1 aliphatic rings. The number of nitrogens with zero attached hydrogens (tertiary/aromatic N) is 1. The highest BCUT2D eigenvalue weighted by Gasteiger charge is 2.32. The van der Waals surface area contributed by atoms with E-state index in [1.54, 1.807) is 4.90 Å². The Morgan fingerprint density at radius 3 is 2.31 bits per heavy atom. The van der Waals surface area contributed by atoms with Gasteiger partial charge in [0.05, 0.1) is 6.42 Å². The number of rotatable bonds is 9. The van der Waals surface area contributed by atoms with Gasteiger partial charge >= 0.3 is 0 Å². The van der Waals surface area contributed by atoms with Crippen molar-refractivity contribution in [2.75, 3.05) is 0 Å². The Kier molecular flexibility index (Phi) is 9.18. The molecular weight excluding hydrogens is 468 g/mol. The van der Waals surface area contributed by atoms with Crippen LogP contribution in [0.1, 0.15) is 54.4 Å². The van der Waals surface area contributed by atoms with Crippen LogP contribution in [0.2, 0.25) is 5.02 Å². The summed E-state index contributed by atoms with van der Waals surface area (Å²) in [6.45, 7) is 2.34. The molecule has 1 atom stereocenters. The van der Waals surface area contributed by atoms with Gasteiger partial charge in [0.25, 0.3) is 0 Å². The lowest BCUT2D eigenvalue weighted by Crippen LogP contribution is -2.53. The molecule has 0 spiro atoms. The highest BCUT2D eigenvalue weighted by atomic mass is 35.5. The molecule has 1 N–H and O–H groups in total. The summed E-state index contributed by atoms with van der Waals surface area (Å²) in [5.41, 5.74) is 3.99. The van der Waals surface area contributed by atoms with Crippen molar-refractivity contribution in [3.8, 4) is 0 Å². The van der Waals surface area contributed by atoms with Crippen molar-refractivity contribution in [3.05, 3.63) is 106 Å². The average Bonchev–Trinajstić information content (AvgIpc) is 2.87. The van der Waals surface area contributed by atoms with Gasteiger partial charge in [0.15, 0.2) is 0 Å². The number of amides is 2. The molecule has 0 unspecified atom stereocenters. The number of carbonyl (C=O) groups is 2. The third-order valence-corrected chi connectivity index (χ3v) is 7.14. The van der Waals surface area contributed by atoms with Gasteiger partial charge in [0.2, 0.25) is 11.8 Å². The second-order valence-electron chi connectivity index (χ2n) is 9.87. The summed E-state index contributed by atoms with van der Waals surface area (Å²) >= 11 is 6.27. The van der Waals surface area contributed by atoms with Gasteiger partial charge in [-0.05, 0) is 48.6 Å². The predicted octanol–water partition coefficient (Wildman–Crippen LogP) is 6.28. The van der Waals surface area contributed by atoms with Crippen LogP contribution < -0.4 is 5.32 Å². The van der Waals surface area contributed by atoms with Crippen molar-refractivity contribution >= 4 is 23.4 Å². The summed E-state index contributed by atoms with van der Waals surface area (Å²) in [5.74, 6) is -0.148. The Bertz CT molecular complexity index is 1160. The smallest absolute Gasteiger partial charge is 0.243 e. The van der Waals surface area contributed by atoms with Gasteiger partial charge in [-0.3, -0.25) is 9.59 Å². The Hall–Kier alpha value is -3.11. The number of carbonyl (C=O) groups excluding carboxylic acids is 2. The molecule has 0 bridgehead atoms. The third kappa shape index (κ3) is 7.44. The van der Waals surface area contributed by atoms with Crippen LogP contribution in [0.25, 0.3) is 0 Å². The van der Waals surface area contributed by atoms with E-state index < -0.39 is 6.04 Å². The van der Waals surface area contributed by atoms with Crippen LogP contribution >= 0.6 is 11.6 Å². The number of hydrogen-bond acceptors (Lipinski definition) is 2. The van der Waals surface area contributed by atoms with Crippen molar-refractivity contribution in [1.82, 2.24) is 10.2 Å². The minimum atomic E-state index is -0.620. The van der Waals surface area contributed by atoms with Crippen molar-refractivity contribution in [1.29, 1.82) is 0 Å². The van der Waals surface area contributed by atoms with E-state index in [9.17, 15) is 9.59 Å². The van der Waals surface area contributed by atoms with E-state index >= 15 is 0 Å². The number of nitrogens with one attached hydrogen (secondary N) is 1. The maximum Gasteiger partial charge on any atom is 0.243 e. The highest BCUT2D eigenvalue weighted by molar-refractivity contribution is 6.30. The maximum absolute atomic E-state index is 13.9. The van der Waals surface area contributed by atoms with Gasteiger partial charge in [-0.15, -0.1) is 0 Å². The Balaban J connectivity index is 1.65. The summed E-state index contributed by atoms with van der Waals surface area (Å²) in [6, 6.07) is 25.0. The third-order valence-electron chi connectivity index (χ3n) is 6.90. The molecule has 3 aromatic carbocycles. The van der Waals surface area contributed by atoms with Gasteiger partial charge in [0, 0.05) is 24.0 Å². The van der Waals surface area contributed by atoms with E-state index in [2.05, 4.69) is 5.32 Å². The zero-order valence-electron chi connectivity index (χ0n) is 21.0. The zero-order valence-corrected chi connectivity index (χ0v) is 21.7.